The summed E-state index contributed by atoms with van der Waals surface area (Å²) in [5.74, 6) is 7.26. The number of hydrogen-bond donors (Lipinski definition) is 0. The number of ketones is 1. The number of carbonyl (C=O) groups excluding carboxylic acids is 1. The summed E-state index contributed by atoms with van der Waals surface area (Å²) in [7, 11) is 1.62. The Labute approximate surface area is 171 Å². The Morgan fingerprint density at radius 2 is 1.71 bits per heavy atom. The van der Waals surface area contributed by atoms with Crippen molar-refractivity contribution in [2.24, 2.45) is 0 Å². The zero-order valence-electron chi connectivity index (χ0n) is 18.6. The lowest BCUT2D eigenvalue weighted by Crippen LogP contribution is -1.98. The van der Waals surface area contributed by atoms with Gasteiger partial charge in [0.05, 0.1) is 12.7 Å². The minimum atomic E-state index is 0.131. The third kappa shape index (κ3) is 7.84. The van der Waals surface area contributed by atoms with E-state index in [1.807, 2.05) is 71.0 Å². The monoisotopic (exact) mass is 378 g/mol. The molecule has 150 valence electrons. The smallest absolute Gasteiger partial charge is 0.134 e. The molecule has 0 bridgehead atoms. The van der Waals surface area contributed by atoms with Crippen molar-refractivity contribution in [1.82, 2.24) is 0 Å². The summed E-state index contributed by atoms with van der Waals surface area (Å²) in [6.45, 7) is 13.7. The molecule has 0 radical (unpaired) electrons. The summed E-state index contributed by atoms with van der Waals surface area (Å²) < 4.78 is 5.43. The lowest BCUT2D eigenvalue weighted by atomic mass is 10.00. The molecule has 0 amide bonds. The quantitative estimate of drug-likeness (QED) is 0.557. The van der Waals surface area contributed by atoms with E-state index >= 15 is 0 Å². The third-order valence-electron chi connectivity index (χ3n) is 3.77. The highest BCUT2D eigenvalue weighted by atomic mass is 16.5. The zero-order chi connectivity index (χ0) is 21.5. The van der Waals surface area contributed by atoms with E-state index in [4.69, 9.17) is 4.74 Å². The van der Waals surface area contributed by atoms with Gasteiger partial charge in [-0.05, 0) is 49.6 Å². The first kappa shape index (κ1) is 25.2. The Bertz CT molecular complexity index is 833. The van der Waals surface area contributed by atoms with Gasteiger partial charge in [0, 0.05) is 12.0 Å². The van der Waals surface area contributed by atoms with Gasteiger partial charge in [0.15, 0.2) is 0 Å². The van der Waals surface area contributed by atoms with Gasteiger partial charge in [0.1, 0.15) is 11.5 Å². The first-order valence-corrected chi connectivity index (χ1v) is 9.96. The fourth-order valence-electron chi connectivity index (χ4n) is 2.54. The highest BCUT2D eigenvalue weighted by Gasteiger charge is 2.05. The largest absolute Gasteiger partial charge is 0.495 e. The van der Waals surface area contributed by atoms with Gasteiger partial charge in [0.2, 0.25) is 0 Å². The molecule has 0 aliphatic carbocycles. The summed E-state index contributed by atoms with van der Waals surface area (Å²) in [5.41, 5.74) is 5.08. The molecule has 0 unspecified atom stereocenters. The van der Waals surface area contributed by atoms with Gasteiger partial charge in [-0.2, -0.15) is 0 Å². The van der Waals surface area contributed by atoms with Crippen molar-refractivity contribution in [3.05, 3.63) is 70.8 Å². The van der Waals surface area contributed by atoms with Crippen LogP contribution in [0.1, 0.15) is 63.8 Å². The lowest BCUT2D eigenvalue weighted by molar-refractivity contribution is -0.116. The van der Waals surface area contributed by atoms with Crippen LogP contribution >= 0.6 is 0 Å². The number of allylic oxidation sites excluding steroid dienone is 2. The second kappa shape index (κ2) is 14.3. The van der Waals surface area contributed by atoms with Crippen molar-refractivity contribution in [2.45, 2.75) is 54.9 Å². The molecule has 0 aromatic heterocycles. The van der Waals surface area contributed by atoms with E-state index in [0.717, 1.165) is 22.3 Å². The van der Waals surface area contributed by atoms with Crippen molar-refractivity contribution in [3.63, 3.8) is 0 Å². The first-order valence-electron chi connectivity index (χ1n) is 9.96. The maximum Gasteiger partial charge on any atom is 0.134 e. The molecule has 0 heterocycles. The predicted octanol–water partition coefficient (Wildman–Crippen LogP) is 6.64. The molecular weight excluding hydrogens is 344 g/mol. The van der Waals surface area contributed by atoms with E-state index in [9.17, 15) is 4.79 Å². The number of aryl methyl sites for hydroxylation is 1. The van der Waals surface area contributed by atoms with Crippen LogP contribution in [0.4, 0.5) is 0 Å². The van der Waals surface area contributed by atoms with E-state index in [2.05, 4.69) is 30.9 Å². The molecule has 0 aliphatic rings. The fourth-order valence-corrected chi connectivity index (χ4v) is 2.54. The predicted molar refractivity (Wildman–Crippen MR) is 122 cm³/mol. The maximum absolute atomic E-state index is 11.3. The van der Waals surface area contributed by atoms with Gasteiger partial charge in [-0.1, -0.05) is 75.9 Å². The van der Waals surface area contributed by atoms with Crippen molar-refractivity contribution < 1.29 is 9.53 Å². The number of ether oxygens (including phenoxy) is 1. The topological polar surface area (TPSA) is 26.3 Å². The average molecular weight is 379 g/mol. The average Bonchev–Trinajstić information content (AvgIpc) is 2.73. The SMILES string of the molecule is C/C=C(/C#Cc1ccc(CC(C)=O)cc1OC)c1ccccc1C.CC.CC. The summed E-state index contributed by atoms with van der Waals surface area (Å²) in [6.07, 6.45) is 2.43. The van der Waals surface area contributed by atoms with Crippen LogP contribution in [-0.4, -0.2) is 12.9 Å². The molecule has 2 aromatic carbocycles. The third-order valence-corrected chi connectivity index (χ3v) is 3.77. The molecule has 2 rings (SSSR count). The molecule has 0 fully saturated rings. The Balaban J connectivity index is 0.00000171. The minimum absolute atomic E-state index is 0.131. The highest BCUT2D eigenvalue weighted by molar-refractivity contribution is 5.81. The Kier molecular flexibility index (Phi) is 12.9. The molecule has 0 spiro atoms. The summed E-state index contributed by atoms with van der Waals surface area (Å²) in [4.78, 5) is 11.3. The summed E-state index contributed by atoms with van der Waals surface area (Å²) in [5, 5.41) is 0. The second-order valence-corrected chi connectivity index (χ2v) is 5.68. The number of rotatable bonds is 4. The van der Waals surface area contributed by atoms with Gasteiger partial charge in [0.25, 0.3) is 0 Å². The summed E-state index contributed by atoms with van der Waals surface area (Å²) >= 11 is 0. The molecule has 0 saturated heterocycles. The van der Waals surface area contributed by atoms with E-state index in [0.29, 0.717) is 12.2 Å². The van der Waals surface area contributed by atoms with Crippen LogP contribution in [0, 0.1) is 18.8 Å². The molecule has 0 saturated carbocycles. The molecule has 0 atom stereocenters. The van der Waals surface area contributed by atoms with Crippen molar-refractivity contribution in [3.8, 4) is 17.6 Å². The van der Waals surface area contributed by atoms with Gasteiger partial charge in [-0.15, -0.1) is 0 Å². The number of Topliss-reactive ketones (excluding diaryl/α,β-unsaturated/α-hetero) is 1. The number of hydrogen-bond acceptors (Lipinski definition) is 2. The Morgan fingerprint density at radius 1 is 1.07 bits per heavy atom. The van der Waals surface area contributed by atoms with Crippen molar-refractivity contribution >= 4 is 11.4 Å². The zero-order valence-corrected chi connectivity index (χ0v) is 18.6. The summed E-state index contributed by atoms with van der Waals surface area (Å²) in [6, 6.07) is 13.9. The molecule has 0 N–H and O–H groups in total. The molecule has 0 aliphatic heterocycles. The molecule has 2 heteroatoms. The Hall–Kier alpha value is -2.79. The van der Waals surface area contributed by atoms with Crippen LogP contribution in [0.2, 0.25) is 0 Å². The minimum Gasteiger partial charge on any atom is -0.495 e. The standard InChI is InChI=1S/C22H22O2.2C2H6/c1-5-19(21-9-7-6-8-16(21)2)12-13-20-11-10-18(14-17(3)23)15-22(20)24-4;2*1-2/h5-11,15H,14H2,1-4H3;2*1-2H3/b19-5-;;. The molecule has 28 heavy (non-hydrogen) atoms. The van der Waals surface area contributed by atoms with E-state index in [-0.39, 0.29) is 5.78 Å². The van der Waals surface area contributed by atoms with Crippen LogP contribution in [0.5, 0.6) is 5.75 Å². The fraction of sp³-hybridized carbons (Fsp3) is 0.346. The van der Waals surface area contributed by atoms with Crippen LogP contribution in [0.25, 0.3) is 5.57 Å². The van der Waals surface area contributed by atoms with Crippen LogP contribution in [0.3, 0.4) is 0 Å². The second-order valence-electron chi connectivity index (χ2n) is 5.68. The van der Waals surface area contributed by atoms with E-state index in [1.54, 1.807) is 14.0 Å². The Morgan fingerprint density at radius 3 is 2.25 bits per heavy atom. The number of benzene rings is 2. The van der Waals surface area contributed by atoms with Gasteiger partial charge >= 0.3 is 0 Å². The lowest BCUT2D eigenvalue weighted by Gasteiger charge is -2.07. The van der Waals surface area contributed by atoms with E-state index < -0.39 is 0 Å². The van der Waals surface area contributed by atoms with Crippen molar-refractivity contribution in [1.29, 1.82) is 0 Å². The number of methoxy groups -OCH3 is 1. The van der Waals surface area contributed by atoms with Gasteiger partial charge < -0.3 is 4.74 Å². The molecule has 2 aromatic rings. The molecule has 2 nitrogen and oxygen atoms in total. The van der Waals surface area contributed by atoms with Crippen LogP contribution in [0.15, 0.2) is 48.5 Å². The van der Waals surface area contributed by atoms with Gasteiger partial charge in [-0.3, -0.25) is 4.79 Å². The van der Waals surface area contributed by atoms with Crippen LogP contribution in [-0.2, 0) is 11.2 Å². The van der Waals surface area contributed by atoms with E-state index in [1.165, 1.54) is 5.56 Å². The first-order chi connectivity index (χ1) is 13.5. The number of carbonyl (C=O) groups is 1. The normalized spacial score (nSPS) is 9.64. The maximum atomic E-state index is 11.3. The highest BCUT2D eigenvalue weighted by Crippen LogP contribution is 2.22. The van der Waals surface area contributed by atoms with Gasteiger partial charge in [-0.25, -0.2) is 0 Å². The van der Waals surface area contributed by atoms with Crippen molar-refractivity contribution in [2.75, 3.05) is 7.11 Å². The molecular formula is C26H34O2. The van der Waals surface area contributed by atoms with Crippen LogP contribution < -0.4 is 4.74 Å².